The summed E-state index contributed by atoms with van der Waals surface area (Å²) >= 11 is 5.56. The van der Waals surface area contributed by atoms with Crippen molar-refractivity contribution >= 4 is 17.4 Å². The number of rotatable bonds is 3. The number of hydrogen-bond donors (Lipinski definition) is 1. The van der Waals surface area contributed by atoms with Crippen molar-refractivity contribution in [2.75, 3.05) is 13.6 Å². The van der Waals surface area contributed by atoms with Gasteiger partial charge >= 0.3 is 0 Å². The zero-order valence-electron chi connectivity index (χ0n) is 6.97. The molecule has 0 atom stereocenters. The van der Waals surface area contributed by atoms with Crippen LogP contribution in [0.5, 0.6) is 0 Å². The fourth-order valence-corrected chi connectivity index (χ4v) is 1.03. The zero-order valence-corrected chi connectivity index (χ0v) is 7.73. The molecule has 5 heteroatoms. The maximum absolute atomic E-state index is 12.9. The van der Waals surface area contributed by atoms with Gasteiger partial charge in [-0.25, -0.2) is 4.98 Å². The summed E-state index contributed by atoms with van der Waals surface area (Å²) in [6, 6.07) is 1.27. The van der Waals surface area contributed by atoms with E-state index in [0.29, 0.717) is 0 Å². The first-order chi connectivity index (χ1) is 6.15. The van der Waals surface area contributed by atoms with Gasteiger partial charge in [0, 0.05) is 6.20 Å². The van der Waals surface area contributed by atoms with E-state index in [1.54, 1.807) is 7.05 Å². The van der Waals surface area contributed by atoms with E-state index in [1.165, 1.54) is 6.07 Å². The lowest BCUT2D eigenvalue weighted by molar-refractivity contribution is 0.0989. The van der Waals surface area contributed by atoms with Crippen molar-refractivity contribution in [2.24, 2.45) is 0 Å². The average molecular weight is 203 g/mol. The van der Waals surface area contributed by atoms with E-state index in [1.807, 2.05) is 0 Å². The lowest BCUT2D eigenvalue weighted by atomic mass is 10.2. The zero-order chi connectivity index (χ0) is 9.84. The van der Waals surface area contributed by atoms with Crippen LogP contribution in [0.2, 0.25) is 5.02 Å². The molecular formula is C8H8ClFN2O. The van der Waals surface area contributed by atoms with Crippen molar-refractivity contribution < 1.29 is 9.18 Å². The molecule has 0 saturated carbocycles. The Morgan fingerprint density at radius 2 is 2.46 bits per heavy atom. The molecule has 0 unspecified atom stereocenters. The molecule has 0 spiro atoms. The van der Waals surface area contributed by atoms with Crippen LogP contribution in [0.3, 0.4) is 0 Å². The molecule has 70 valence electrons. The third-order valence-corrected chi connectivity index (χ3v) is 1.65. The van der Waals surface area contributed by atoms with Crippen LogP contribution in [0.4, 0.5) is 4.39 Å². The number of aromatic nitrogens is 1. The van der Waals surface area contributed by atoms with Crippen molar-refractivity contribution in [1.82, 2.24) is 10.3 Å². The predicted molar refractivity (Wildman–Crippen MR) is 47.5 cm³/mol. The van der Waals surface area contributed by atoms with Crippen LogP contribution in [0.15, 0.2) is 12.3 Å². The van der Waals surface area contributed by atoms with Gasteiger partial charge in [0.25, 0.3) is 0 Å². The summed E-state index contributed by atoms with van der Waals surface area (Å²) in [6.07, 6.45) is 1.16. The number of carbonyl (C=O) groups is 1. The van der Waals surface area contributed by atoms with Gasteiger partial charge in [0.15, 0.2) is 5.78 Å². The summed E-state index contributed by atoms with van der Waals surface area (Å²) in [4.78, 5) is 14.6. The third-order valence-electron chi connectivity index (χ3n) is 1.44. The van der Waals surface area contributed by atoms with E-state index in [-0.39, 0.29) is 22.9 Å². The largest absolute Gasteiger partial charge is 0.313 e. The Bertz CT molecular complexity index is 330. The normalized spacial score (nSPS) is 10.1. The Balaban J connectivity index is 2.99. The molecule has 0 fully saturated rings. The fraction of sp³-hybridized carbons (Fsp3) is 0.250. The van der Waals surface area contributed by atoms with E-state index in [4.69, 9.17) is 11.6 Å². The molecule has 0 aliphatic carbocycles. The molecule has 1 N–H and O–H groups in total. The number of likely N-dealkylation sites (N-methyl/N-ethyl adjacent to an activating group) is 1. The highest BCUT2D eigenvalue weighted by molar-refractivity contribution is 6.30. The molecule has 0 saturated heterocycles. The Morgan fingerprint density at radius 1 is 1.77 bits per heavy atom. The molecule has 1 aromatic rings. The number of pyridine rings is 1. The molecule has 0 aromatic carbocycles. The van der Waals surface area contributed by atoms with Crippen LogP contribution in [0, 0.1) is 5.95 Å². The summed E-state index contributed by atoms with van der Waals surface area (Å²) in [5, 5.41) is 2.88. The molecule has 13 heavy (non-hydrogen) atoms. The first-order valence-corrected chi connectivity index (χ1v) is 4.01. The lowest BCUT2D eigenvalue weighted by Gasteiger charge is -2.00. The average Bonchev–Trinajstić information content (AvgIpc) is 2.09. The maximum Gasteiger partial charge on any atom is 0.223 e. The van der Waals surface area contributed by atoms with Gasteiger partial charge in [-0.2, -0.15) is 4.39 Å². The number of hydrogen-bond acceptors (Lipinski definition) is 3. The summed E-state index contributed by atoms with van der Waals surface area (Å²) in [6.45, 7) is 0.0684. The molecule has 0 aliphatic heterocycles. The third kappa shape index (κ3) is 2.47. The van der Waals surface area contributed by atoms with E-state index in [2.05, 4.69) is 10.3 Å². The van der Waals surface area contributed by atoms with Crippen LogP contribution in [-0.4, -0.2) is 24.4 Å². The van der Waals surface area contributed by atoms with E-state index in [9.17, 15) is 9.18 Å². The second-order valence-electron chi connectivity index (χ2n) is 2.45. The second-order valence-corrected chi connectivity index (χ2v) is 2.88. The molecule has 1 rings (SSSR count). The standard InChI is InChI=1S/C8H8ClFN2O/c1-11-4-7(13)6-2-5(9)3-12-8(6)10/h2-3,11H,4H2,1H3. The fourth-order valence-electron chi connectivity index (χ4n) is 0.874. The van der Waals surface area contributed by atoms with Gasteiger partial charge in [-0.3, -0.25) is 4.79 Å². The van der Waals surface area contributed by atoms with Gasteiger partial charge in [-0.05, 0) is 13.1 Å². The number of halogens is 2. The smallest absolute Gasteiger partial charge is 0.223 e. The van der Waals surface area contributed by atoms with Gasteiger partial charge < -0.3 is 5.32 Å². The summed E-state index contributed by atoms with van der Waals surface area (Å²) in [5.41, 5.74) is -0.0816. The van der Waals surface area contributed by atoms with Gasteiger partial charge in [0.1, 0.15) is 0 Å². The Morgan fingerprint density at radius 3 is 3.08 bits per heavy atom. The van der Waals surface area contributed by atoms with Crippen LogP contribution < -0.4 is 5.32 Å². The minimum absolute atomic E-state index is 0.0684. The van der Waals surface area contributed by atoms with Crippen molar-refractivity contribution in [3.8, 4) is 0 Å². The van der Waals surface area contributed by atoms with Crippen LogP contribution in [-0.2, 0) is 0 Å². The van der Waals surface area contributed by atoms with E-state index >= 15 is 0 Å². The van der Waals surface area contributed by atoms with Crippen LogP contribution in [0.1, 0.15) is 10.4 Å². The van der Waals surface area contributed by atoms with Gasteiger partial charge in [-0.1, -0.05) is 11.6 Å². The van der Waals surface area contributed by atoms with E-state index < -0.39 is 5.95 Å². The van der Waals surface area contributed by atoms with Crippen molar-refractivity contribution in [3.63, 3.8) is 0 Å². The SMILES string of the molecule is CNCC(=O)c1cc(Cl)cnc1F. The van der Waals surface area contributed by atoms with Gasteiger partial charge in [0.2, 0.25) is 5.95 Å². The van der Waals surface area contributed by atoms with Gasteiger partial charge in [-0.15, -0.1) is 0 Å². The highest BCUT2D eigenvalue weighted by atomic mass is 35.5. The number of ketones is 1. The van der Waals surface area contributed by atoms with Gasteiger partial charge in [0.05, 0.1) is 17.1 Å². The number of Topliss-reactive ketones (excluding diaryl/α,β-unsaturated/α-hetero) is 1. The molecule has 0 radical (unpaired) electrons. The van der Waals surface area contributed by atoms with Crippen molar-refractivity contribution in [3.05, 3.63) is 28.8 Å². The Labute approximate surface area is 79.9 Å². The summed E-state index contributed by atoms with van der Waals surface area (Å²) in [7, 11) is 1.60. The quantitative estimate of drug-likeness (QED) is 0.593. The highest BCUT2D eigenvalue weighted by Gasteiger charge is 2.12. The minimum Gasteiger partial charge on any atom is -0.313 e. The Hall–Kier alpha value is -1.00. The lowest BCUT2D eigenvalue weighted by Crippen LogP contribution is -2.19. The minimum atomic E-state index is -0.787. The molecule has 0 bridgehead atoms. The molecular weight excluding hydrogens is 195 g/mol. The topological polar surface area (TPSA) is 42.0 Å². The Kier molecular flexibility index (Phi) is 3.33. The molecule has 3 nitrogen and oxygen atoms in total. The van der Waals surface area contributed by atoms with Crippen molar-refractivity contribution in [1.29, 1.82) is 0 Å². The molecule has 0 aliphatic rings. The molecule has 0 amide bonds. The first-order valence-electron chi connectivity index (χ1n) is 3.64. The first kappa shape index (κ1) is 10.1. The van der Waals surface area contributed by atoms with Crippen molar-refractivity contribution in [2.45, 2.75) is 0 Å². The number of nitrogens with one attached hydrogen (secondary N) is 1. The number of nitrogens with zero attached hydrogens (tertiary/aromatic N) is 1. The number of carbonyl (C=O) groups excluding carboxylic acids is 1. The van der Waals surface area contributed by atoms with E-state index in [0.717, 1.165) is 6.20 Å². The summed E-state index contributed by atoms with van der Waals surface area (Å²) < 4.78 is 12.9. The van der Waals surface area contributed by atoms with Crippen LogP contribution >= 0.6 is 11.6 Å². The summed E-state index contributed by atoms with van der Waals surface area (Å²) in [5.74, 6) is -1.15. The predicted octanol–water partition coefficient (Wildman–Crippen LogP) is 1.28. The molecule has 1 heterocycles. The second kappa shape index (κ2) is 4.30. The monoisotopic (exact) mass is 202 g/mol. The van der Waals surface area contributed by atoms with Crippen LogP contribution in [0.25, 0.3) is 0 Å². The maximum atomic E-state index is 12.9. The molecule has 1 aromatic heterocycles. The highest BCUT2D eigenvalue weighted by Crippen LogP contribution is 2.12.